The van der Waals surface area contributed by atoms with Gasteiger partial charge in [0.2, 0.25) is 0 Å². The zero-order valence-electron chi connectivity index (χ0n) is 7.11. The summed E-state index contributed by atoms with van der Waals surface area (Å²) in [6.07, 6.45) is 0. The lowest BCUT2D eigenvalue weighted by molar-refractivity contribution is -0.144. The number of rotatable bonds is 4. The lowest BCUT2D eigenvalue weighted by Crippen LogP contribution is -2.44. The molecule has 0 aromatic heterocycles. The third-order valence-corrected chi connectivity index (χ3v) is 2.29. The van der Waals surface area contributed by atoms with Crippen LogP contribution in [0.15, 0.2) is 0 Å². The highest BCUT2D eigenvalue weighted by Crippen LogP contribution is 2.37. The monoisotopic (exact) mass is 175 g/mol. The second-order valence-corrected chi connectivity index (χ2v) is 2.96. The molecule has 1 aliphatic rings. The van der Waals surface area contributed by atoms with Crippen LogP contribution in [0.4, 0.5) is 0 Å². The molecule has 3 atom stereocenters. The van der Waals surface area contributed by atoms with E-state index in [1.54, 1.807) is 6.92 Å². The van der Waals surface area contributed by atoms with Gasteiger partial charge in [-0.15, -0.1) is 0 Å². The van der Waals surface area contributed by atoms with E-state index in [1.807, 2.05) is 0 Å². The Balaban J connectivity index is 2.58. The van der Waals surface area contributed by atoms with E-state index < -0.39 is 17.8 Å². The molecule has 3 unspecified atom stereocenters. The second kappa shape index (κ2) is 3.01. The molecule has 0 aromatic rings. The van der Waals surface area contributed by atoms with Crippen LogP contribution >= 0.6 is 0 Å². The molecule has 0 bridgehead atoms. The molecule has 1 heterocycles. The fourth-order valence-corrected chi connectivity index (χ4v) is 1.13. The van der Waals surface area contributed by atoms with Gasteiger partial charge in [-0.25, -0.2) is 0 Å². The van der Waals surface area contributed by atoms with Crippen molar-refractivity contribution in [3.63, 3.8) is 0 Å². The molecule has 0 radical (unpaired) electrons. The third kappa shape index (κ3) is 1.43. The molecule has 0 amide bonds. The van der Waals surface area contributed by atoms with Gasteiger partial charge in [0.25, 0.3) is 0 Å². The van der Waals surface area contributed by atoms with Gasteiger partial charge in [0.15, 0.2) is 5.79 Å². The second-order valence-electron chi connectivity index (χ2n) is 2.96. The average Bonchev–Trinajstić information content (AvgIpc) is 2.82. The third-order valence-electron chi connectivity index (χ3n) is 2.29. The SMILES string of the molecule is COC1(C(C)C(N)C(=O)O)CO1. The van der Waals surface area contributed by atoms with Crippen LogP contribution in [0.1, 0.15) is 6.92 Å². The van der Waals surface area contributed by atoms with Crippen LogP contribution in [0, 0.1) is 5.92 Å². The fraction of sp³-hybridized carbons (Fsp3) is 0.857. The minimum Gasteiger partial charge on any atom is -0.480 e. The van der Waals surface area contributed by atoms with Crippen molar-refractivity contribution in [2.45, 2.75) is 18.8 Å². The van der Waals surface area contributed by atoms with Gasteiger partial charge in [0, 0.05) is 13.0 Å². The molecule has 0 saturated carbocycles. The highest BCUT2D eigenvalue weighted by atomic mass is 16.8. The van der Waals surface area contributed by atoms with Crippen LogP contribution in [-0.2, 0) is 14.3 Å². The Morgan fingerprint density at radius 1 is 1.83 bits per heavy atom. The van der Waals surface area contributed by atoms with Crippen LogP contribution in [0.3, 0.4) is 0 Å². The van der Waals surface area contributed by atoms with Gasteiger partial charge in [-0.05, 0) is 0 Å². The van der Waals surface area contributed by atoms with Crippen molar-refractivity contribution in [1.29, 1.82) is 0 Å². The van der Waals surface area contributed by atoms with Crippen molar-refractivity contribution in [3.05, 3.63) is 0 Å². The number of aliphatic carboxylic acids is 1. The van der Waals surface area contributed by atoms with Crippen molar-refractivity contribution >= 4 is 5.97 Å². The molecule has 0 aromatic carbocycles. The maximum atomic E-state index is 10.5. The summed E-state index contributed by atoms with van der Waals surface area (Å²) >= 11 is 0. The van der Waals surface area contributed by atoms with Crippen LogP contribution in [0.5, 0.6) is 0 Å². The fourth-order valence-electron chi connectivity index (χ4n) is 1.13. The van der Waals surface area contributed by atoms with Gasteiger partial charge in [-0.2, -0.15) is 0 Å². The summed E-state index contributed by atoms with van der Waals surface area (Å²) in [5, 5.41) is 8.60. The number of methoxy groups -OCH3 is 1. The Morgan fingerprint density at radius 2 is 2.33 bits per heavy atom. The van der Waals surface area contributed by atoms with Crippen LogP contribution in [-0.4, -0.2) is 36.6 Å². The van der Waals surface area contributed by atoms with E-state index >= 15 is 0 Å². The van der Waals surface area contributed by atoms with Crippen LogP contribution < -0.4 is 5.73 Å². The Kier molecular flexibility index (Phi) is 2.36. The van der Waals surface area contributed by atoms with Crippen LogP contribution in [0.25, 0.3) is 0 Å². The van der Waals surface area contributed by atoms with Crippen molar-refractivity contribution in [2.24, 2.45) is 11.7 Å². The highest BCUT2D eigenvalue weighted by Gasteiger charge is 2.53. The number of carboxylic acid groups (broad SMARTS) is 1. The summed E-state index contributed by atoms with van der Waals surface area (Å²) in [4.78, 5) is 10.5. The first-order valence-corrected chi connectivity index (χ1v) is 3.71. The van der Waals surface area contributed by atoms with Crippen LogP contribution in [0.2, 0.25) is 0 Å². The van der Waals surface area contributed by atoms with Crippen molar-refractivity contribution < 1.29 is 19.4 Å². The van der Waals surface area contributed by atoms with Crippen molar-refractivity contribution in [1.82, 2.24) is 0 Å². The van der Waals surface area contributed by atoms with E-state index in [4.69, 9.17) is 20.3 Å². The Morgan fingerprint density at radius 3 is 2.58 bits per heavy atom. The molecular weight excluding hydrogens is 162 g/mol. The lowest BCUT2D eigenvalue weighted by Gasteiger charge is -2.21. The van der Waals surface area contributed by atoms with Gasteiger partial charge >= 0.3 is 5.97 Å². The van der Waals surface area contributed by atoms with Crippen molar-refractivity contribution in [2.75, 3.05) is 13.7 Å². The lowest BCUT2D eigenvalue weighted by atomic mass is 9.97. The topological polar surface area (TPSA) is 85.1 Å². The maximum Gasteiger partial charge on any atom is 0.320 e. The van der Waals surface area contributed by atoms with E-state index in [0.29, 0.717) is 6.61 Å². The molecule has 12 heavy (non-hydrogen) atoms. The molecule has 70 valence electrons. The van der Waals surface area contributed by atoms with Gasteiger partial charge < -0.3 is 20.3 Å². The molecule has 3 N–H and O–H groups in total. The first-order valence-electron chi connectivity index (χ1n) is 3.71. The smallest absolute Gasteiger partial charge is 0.320 e. The summed E-state index contributed by atoms with van der Waals surface area (Å²) in [6.45, 7) is 2.13. The number of carbonyl (C=O) groups is 1. The first-order chi connectivity index (χ1) is 5.53. The summed E-state index contributed by atoms with van der Waals surface area (Å²) in [5.74, 6) is -2.12. The standard InChI is InChI=1S/C7H13NO4/c1-4(5(8)6(9)10)7(11-2)3-12-7/h4-5H,3,8H2,1-2H3,(H,9,10). The minimum atomic E-state index is -1.03. The summed E-state index contributed by atoms with van der Waals surface area (Å²) in [6, 6.07) is -0.938. The van der Waals surface area contributed by atoms with E-state index in [9.17, 15) is 4.79 Å². The first kappa shape index (κ1) is 9.44. The predicted molar refractivity (Wildman–Crippen MR) is 40.5 cm³/mol. The molecule has 0 spiro atoms. The molecule has 1 saturated heterocycles. The molecular formula is C7H13NO4. The number of ether oxygens (including phenoxy) is 2. The largest absolute Gasteiger partial charge is 0.480 e. The van der Waals surface area contributed by atoms with Gasteiger partial charge in [0.1, 0.15) is 12.6 Å². The minimum absolute atomic E-state index is 0.333. The normalized spacial score (nSPS) is 32.6. The summed E-state index contributed by atoms with van der Waals surface area (Å²) in [5.41, 5.74) is 5.40. The molecule has 1 rings (SSSR count). The quantitative estimate of drug-likeness (QED) is 0.558. The number of nitrogens with two attached hydrogens (primary N) is 1. The Bertz CT molecular complexity index is 190. The van der Waals surface area contributed by atoms with E-state index in [1.165, 1.54) is 7.11 Å². The van der Waals surface area contributed by atoms with Crippen molar-refractivity contribution in [3.8, 4) is 0 Å². The predicted octanol–water partition coefficient (Wildman–Crippen LogP) is -0.593. The van der Waals surface area contributed by atoms with Gasteiger partial charge in [-0.1, -0.05) is 6.92 Å². The van der Waals surface area contributed by atoms with E-state index in [2.05, 4.69) is 0 Å². The maximum absolute atomic E-state index is 10.5. The Labute approximate surface area is 70.4 Å². The van der Waals surface area contributed by atoms with Gasteiger partial charge in [-0.3, -0.25) is 4.79 Å². The van der Waals surface area contributed by atoms with E-state index in [0.717, 1.165) is 0 Å². The number of epoxide rings is 1. The number of hydrogen-bond acceptors (Lipinski definition) is 4. The molecule has 1 aliphatic heterocycles. The highest BCUT2D eigenvalue weighted by molar-refractivity contribution is 5.73. The molecule has 5 heteroatoms. The Hall–Kier alpha value is -0.650. The number of carboxylic acids is 1. The summed E-state index contributed by atoms with van der Waals surface area (Å²) < 4.78 is 10.0. The number of hydrogen-bond donors (Lipinski definition) is 2. The molecule has 5 nitrogen and oxygen atoms in total. The zero-order valence-corrected chi connectivity index (χ0v) is 7.11. The van der Waals surface area contributed by atoms with E-state index in [-0.39, 0.29) is 5.92 Å². The zero-order chi connectivity index (χ0) is 9.35. The molecule has 1 fully saturated rings. The molecule has 0 aliphatic carbocycles. The van der Waals surface area contributed by atoms with Gasteiger partial charge in [0.05, 0.1) is 0 Å². The average molecular weight is 175 g/mol. The summed E-state index contributed by atoms with van der Waals surface area (Å²) in [7, 11) is 1.48.